The molecule has 0 saturated heterocycles. The molecule has 21 heavy (non-hydrogen) atoms. The Morgan fingerprint density at radius 2 is 2.14 bits per heavy atom. The SMILES string of the molecule is CCOC(=O)c1cnn(C)c1NC(=O)C(C)C1CCCC1. The predicted molar refractivity (Wildman–Crippen MR) is 78.9 cm³/mol. The van der Waals surface area contributed by atoms with Crippen LogP contribution in [0.3, 0.4) is 0 Å². The van der Waals surface area contributed by atoms with Gasteiger partial charge in [0.1, 0.15) is 11.4 Å². The summed E-state index contributed by atoms with van der Waals surface area (Å²) in [4.78, 5) is 24.2. The van der Waals surface area contributed by atoms with Gasteiger partial charge in [-0.1, -0.05) is 19.8 Å². The summed E-state index contributed by atoms with van der Waals surface area (Å²) in [7, 11) is 1.69. The summed E-state index contributed by atoms with van der Waals surface area (Å²) in [5, 5.41) is 6.87. The van der Waals surface area contributed by atoms with Crippen LogP contribution in [0, 0.1) is 11.8 Å². The second kappa shape index (κ2) is 6.74. The van der Waals surface area contributed by atoms with Gasteiger partial charge >= 0.3 is 5.97 Å². The number of aromatic nitrogens is 2. The van der Waals surface area contributed by atoms with E-state index in [4.69, 9.17) is 4.74 Å². The second-order valence-corrected chi connectivity index (χ2v) is 5.57. The van der Waals surface area contributed by atoms with Crippen LogP contribution in [0.15, 0.2) is 6.20 Å². The summed E-state index contributed by atoms with van der Waals surface area (Å²) in [6, 6.07) is 0. The quantitative estimate of drug-likeness (QED) is 0.846. The lowest BCUT2D eigenvalue weighted by molar-refractivity contribution is -0.120. The van der Waals surface area contributed by atoms with Crippen molar-refractivity contribution in [2.45, 2.75) is 39.5 Å². The molecule has 1 heterocycles. The molecule has 1 aromatic heterocycles. The molecule has 2 rings (SSSR count). The van der Waals surface area contributed by atoms with Gasteiger partial charge in [0.05, 0.1) is 12.8 Å². The molecular weight excluding hydrogens is 270 g/mol. The van der Waals surface area contributed by atoms with E-state index in [0.29, 0.717) is 23.9 Å². The van der Waals surface area contributed by atoms with Crippen molar-refractivity contribution in [1.29, 1.82) is 0 Å². The van der Waals surface area contributed by atoms with Gasteiger partial charge in [-0.2, -0.15) is 5.10 Å². The Kier molecular flexibility index (Phi) is 4.98. The zero-order valence-electron chi connectivity index (χ0n) is 12.9. The maximum atomic E-state index is 12.4. The van der Waals surface area contributed by atoms with E-state index in [1.165, 1.54) is 23.7 Å². The summed E-state index contributed by atoms with van der Waals surface area (Å²) in [5.74, 6) is 0.260. The second-order valence-electron chi connectivity index (χ2n) is 5.57. The van der Waals surface area contributed by atoms with E-state index >= 15 is 0 Å². The number of carbonyl (C=O) groups is 2. The summed E-state index contributed by atoms with van der Waals surface area (Å²) in [6.07, 6.45) is 6.02. The van der Waals surface area contributed by atoms with Crippen molar-refractivity contribution in [2.75, 3.05) is 11.9 Å². The van der Waals surface area contributed by atoms with Crippen LogP contribution >= 0.6 is 0 Å². The zero-order chi connectivity index (χ0) is 15.4. The first-order valence-electron chi connectivity index (χ1n) is 7.54. The summed E-state index contributed by atoms with van der Waals surface area (Å²) in [6.45, 7) is 3.99. The molecule has 1 aliphatic carbocycles. The molecule has 0 radical (unpaired) electrons. The van der Waals surface area contributed by atoms with Gasteiger partial charge < -0.3 is 10.1 Å². The lowest BCUT2D eigenvalue weighted by Gasteiger charge is -2.18. The fraction of sp³-hybridized carbons (Fsp3) is 0.667. The largest absolute Gasteiger partial charge is 0.462 e. The van der Waals surface area contributed by atoms with Crippen molar-refractivity contribution in [3.63, 3.8) is 0 Å². The first-order chi connectivity index (χ1) is 10.0. The molecule has 1 N–H and O–H groups in total. The Morgan fingerprint density at radius 3 is 2.76 bits per heavy atom. The summed E-state index contributed by atoms with van der Waals surface area (Å²) in [5.41, 5.74) is 0.298. The monoisotopic (exact) mass is 293 g/mol. The normalized spacial score (nSPS) is 16.7. The number of aryl methyl sites for hydroxylation is 1. The van der Waals surface area contributed by atoms with Crippen molar-refractivity contribution in [2.24, 2.45) is 18.9 Å². The maximum absolute atomic E-state index is 12.4. The number of rotatable bonds is 5. The molecule has 1 saturated carbocycles. The van der Waals surface area contributed by atoms with E-state index in [0.717, 1.165) is 12.8 Å². The molecule has 0 spiro atoms. The molecule has 1 aliphatic rings. The summed E-state index contributed by atoms with van der Waals surface area (Å²) >= 11 is 0. The van der Waals surface area contributed by atoms with Crippen molar-refractivity contribution in [3.05, 3.63) is 11.8 Å². The van der Waals surface area contributed by atoms with Gasteiger partial charge in [0.2, 0.25) is 5.91 Å². The summed E-state index contributed by atoms with van der Waals surface area (Å²) < 4.78 is 6.47. The number of anilines is 1. The molecule has 6 nitrogen and oxygen atoms in total. The first-order valence-corrected chi connectivity index (χ1v) is 7.54. The highest BCUT2D eigenvalue weighted by Gasteiger charge is 2.28. The van der Waals surface area contributed by atoms with Crippen LogP contribution in [0.25, 0.3) is 0 Å². The minimum Gasteiger partial charge on any atom is -0.462 e. The van der Waals surface area contributed by atoms with Gasteiger partial charge in [-0.25, -0.2) is 4.79 Å². The van der Waals surface area contributed by atoms with E-state index in [-0.39, 0.29) is 11.8 Å². The third-order valence-corrected chi connectivity index (χ3v) is 4.20. The van der Waals surface area contributed by atoms with E-state index in [1.807, 2.05) is 6.92 Å². The topological polar surface area (TPSA) is 73.2 Å². The molecule has 1 aromatic rings. The van der Waals surface area contributed by atoms with Gasteiger partial charge in [-0.15, -0.1) is 0 Å². The predicted octanol–water partition coefficient (Wildman–Crippen LogP) is 2.36. The Bertz CT molecular complexity index is 518. The number of nitrogens with zero attached hydrogens (tertiary/aromatic N) is 2. The van der Waals surface area contributed by atoms with Gasteiger partial charge in [-0.3, -0.25) is 9.48 Å². The van der Waals surface area contributed by atoms with Gasteiger partial charge in [0.25, 0.3) is 0 Å². The molecule has 1 atom stereocenters. The minimum atomic E-state index is -0.464. The Morgan fingerprint density at radius 1 is 1.48 bits per heavy atom. The fourth-order valence-electron chi connectivity index (χ4n) is 2.85. The van der Waals surface area contributed by atoms with E-state index in [1.54, 1.807) is 14.0 Å². The van der Waals surface area contributed by atoms with Crippen LogP contribution in [-0.4, -0.2) is 28.3 Å². The number of carbonyl (C=O) groups excluding carboxylic acids is 2. The highest BCUT2D eigenvalue weighted by atomic mass is 16.5. The van der Waals surface area contributed by atoms with Crippen LogP contribution in [-0.2, 0) is 16.6 Å². The third-order valence-electron chi connectivity index (χ3n) is 4.20. The molecule has 1 fully saturated rings. The van der Waals surface area contributed by atoms with Crippen molar-refractivity contribution >= 4 is 17.7 Å². The lowest BCUT2D eigenvalue weighted by atomic mass is 9.92. The molecule has 0 bridgehead atoms. The Hall–Kier alpha value is -1.85. The molecule has 6 heteroatoms. The molecule has 1 amide bonds. The van der Waals surface area contributed by atoms with Crippen LogP contribution in [0.2, 0.25) is 0 Å². The maximum Gasteiger partial charge on any atom is 0.343 e. The average Bonchev–Trinajstić information content (AvgIpc) is 3.09. The van der Waals surface area contributed by atoms with Crippen LogP contribution in [0.4, 0.5) is 5.82 Å². The van der Waals surface area contributed by atoms with E-state index in [9.17, 15) is 9.59 Å². The molecular formula is C15H23N3O3. The van der Waals surface area contributed by atoms with Gasteiger partial charge in [0, 0.05) is 13.0 Å². The van der Waals surface area contributed by atoms with Gasteiger partial charge in [-0.05, 0) is 25.7 Å². The first kappa shape index (κ1) is 15.5. The van der Waals surface area contributed by atoms with Crippen LogP contribution in [0.1, 0.15) is 49.9 Å². The standard InChI is InChI=1S/C15H23N3O3/c1-4-21-15(20)12-9-16-18(3)13(12)17-14(19)10(2)11-7-5-6-8-11/h9-11H,4-8H2,1-3H3,(H,17,19). The molecule has 0 aromatic carbocycles. The number of hydrogen-bond acceptors (Lipinski definition) is 4. The van der Waals surface area contributed by atoms with Crippen LogP contribution in [0.5, 0.6) is 0 Å². The number of amides is 1. The molecule has 116 valence electrons. The average molecular weight is 293 g/mol. The lowest BCUT2D eigenvalue weighted by Crippen LogP contribution is -2.27. The zero-order valence-corrected chi connectivity index (χ0v) is 12.9. The number of esters is 1. The highest BCUT2D eigenvalue weighted by Crippen LogP contribution is 2.32. The minimum absolute atomic E-state index is 0.0579. The Balaban J connectivity index is 2.09. The van der Waals surface area contributed by atoms with E-state index < -0.39 is 5.97 Å². The van der Waals surface area contributed by atoms with Crippen molar-refractivity contribution in [3.8, 4) is 0 Å². The van der Waals surface area contributed by atoms with Crippen molar-refractivity contribution < 1.29 is 14.3 Å². The van der Waals surface area contributed by atoms with Crippen LogP contribution < -0.4 is 5.32 Å². The smallest absolute Gasteiger partial charge is 0.343 e. The van der Waals surface area contributed by atoms with E-state index in [2.05, 4.69) is 10.4 Å². The molecule has 1 unspecified atom stereocenters. The number of nitrogens with one attached hydrogen (secondary N) is 1. The van der Waals surface area contributed by atoms with Crippen molar-refractivity contribution in [1.82, 2.24) is 9.78 Å². The fourth-order valence-corrected chi connectivity index (χ4v) is 2.85. The number of hydrogen-bond donors (Lipinski definition) is 1. The Labute approximate surface area is 124 Å². The third kappa shape index (κ3) is 3.43. The number of ether oxygens (including phenoxy) is 1. The molecule has 0 aliphatic heterocycles. The highest BCUT2D eigenvalue weighted by molar-refractivity contribution is 6.00. The van der Waals surface area contributed by atoms with Gasteiger partial charge in [0.15, 0.2) is 0 Å².